The number of aliphatic hydroxyl groups is 1. The van der Waals surface area contributed by atoms with Gasteiger partial charge in [-0.15, -0.1) is 0 Å². The van der Waals surface area contributed by atoms with Crippen LogP contribution < -0.4 is 0 Å². The normalized spacial score (nSPS) is 34.4. The van der Waals surface area contributed by atoms with Crippen molar-refractivity contribution in [2.24, 2.45) is 23.7 Å². The third-order valence-corrected chi connectivity index (χ3v) is 5.46. The van der Waals surface area contributed by atoms with E-state index in [1.165, 1.54) is 6.42 Å². The van der Waals surface area contributed by atoms with E-state index < -0.39 is 5.60 Å². The standard InChI is InChI=1S/C17H30O2/c1-12(2)6-5-11-17(3,19)15-10-9-14-13(15)7-4-8-16(14)18/h12-15,19H,4-11H2,1-3H3/t13-,14+,15-,17-/m0/s1. The molecular weight excluding hydrogens is 236 g/mol. The lowest BCUT2D eigenvalue weighted by molar-refractivity contribution is -0.127. The number of carbonyl (C=O) groups excluding carboxylic acids is 1. The Kier molecular flexibility index (Phi) is 4.70. The largest absolute Gasteiger partial charge is 0.390 e. The molecule has 0 aliphatic heterocycles. The van der Waals surface area contributed by atoms with Crippen molar-refractivity contribution in [3.63, 3.8) is 0 Å². The third kappa shape index (κ3) is 3.39. The van der Waals surface area contributed by atoms with E-state index >= 15 is 0 Å². The van der Waals surface area contributed by atoms with Crippen molar-refractivity contribution in [3.05, 3.63) is 0 Å². The predicted octanol–water partition coefficient (Wildman–Crippen LogP) is 3.96. The monoisotopic (exact) mass is 266 g/mol. The first-order valence-electron chi connectivity index (χ1n) is 8.17. The highest BCUT2D eigenvalue weighted by atomic mass is 16.3. The Morgan fingerprint density at radius 3 is 2.74 bits per heavy atom. The van der Waals surface area contributed by atoms with Crippen LogP contribution in [0.4, 0.5) is 0 Å². The van der Waals surface area contributed by atoms with Gasteiger partial charge in [0.15, 0.2) is 0 Å². The molecule has 2 aliphatic carbocycles. The predicted molar refractivity (Wildman–Crippen MR) is 77.9 cm³/mol. The van der Waals surface area contributed by atoms with E-state index in [-0.39, 0.29) is 5.92 Å². The molecule has 0 amide bonds. The van der Waals surface area contributed by atoms with Gasteiger partial charge in [-0.3, -0.25) is 4.79 Å². The smallest absolute Gasteiger partial charge is 0.136 e. The Morgan fingerprint density at radius 1 is 1.32 bits per heavy atom. The Morgan fingerprint density at radius 2 is 2.05 bits per heavy atom. The molecule has 2 rings (SSSR count). The van der Waals surface area contributed by atoms with Gasteiger partial charge in [0.1, 0.15) is 5.78 Å². The minimum absolute atomic E-state index is 0.273. The first kappa shape index (κ1) is 15.0. The van der Waals surface area contributed by atoms with Crippen LogP contribution in [0.5, 0.6) is 0 Å². The maximum Gasteiger partial charge on any atom is 0.136 e. The second-order valence-electron chi connectivity index (χ2n) is 7.46. The lowest BCUT2D eigenvalue weighted by Crippen LogP contribution is -2.40. The fourth-order valence-corrected chi connectivity index (χ4v) is 4.39. The van der Waals surface area contributed by atoms with Crippen LogP contribution in [0.1, 0.15) is 72.1 Å². The summed E-state index contributed by atoms with van der Waals surface area (Å²) in [5.74, 6) is 2.28. The maximum absolute atomic E-state index is 12.0. The summed E-state index contributed by atoms with van der Waals surface area (Å²) in [6.45, 7) is 6.49. The van der Waals surface area contributed by atoms with E-state index in [9.17, 15) is 9.90 Å². The van der Waals surface area contributed by atoms with Gasteiger partial charge in [-0.05, 0) is 56.8 Å². The van der Waals surface area contributed by atoms with Crippen LogP contribution in [-0.2, 0) is 4.79 Å². The molecule has 0 aromatic heterocycles. The molecule has 1 N–H and O–H groups in total. The molecule has 2 saturated carbocycles. The molecule has 0 saturated heterocycles. The summed E-state index contributed by atoms with van der Waals surface area (Å²) in [5, 5.41) is 10.8. The molecule has 0 aromatic carbocycles. The Labute approximate surface area is 118 Å². The van der Waals surface area contributed by atoms with Gasteiger partial charge in [-0.2, -0.15) is 0 Å². The van der Waals surface area contributed by atoms with Crippen molar-refractivity contribution < 1.29 is 9.90 Å². The number of carbonyl (C=O) groups is 1. The van der Waals surface area contributed by atoms with Crippen LogP contribution in [0.15, 0.2) is 0 Å². The summed E-state index contributed by atoms with van der Waals surface area (Å²) < 4.78 is 0. The van der Waals surface area contributed by atoms with Gasteiger partial charge >= 0.3 is 0 Å². The van der Waals surface area contributed by atoms with E-state index in [0.717, 1.165) is 44.9 Å². The van der Waals surface area contributed by atoms with Crippen molar-refractivity contribution in [3.8, 4) is 0 Å². The van der Waals surface area contributed by atoms with E-state index in [4.69, 9.17) is 0 Å². The SMILES string of the molecule is CC(C)CCC[C@](C)(O)[C@H]1CC[C@H]2C(=O)CCC[C@@H]21. The molecule has 2 aliphatic rings. The minimum Gasteiger partial charge on any atom is -0.390 e. The maximum atomic E-state index is 12.0. The summed E-state index contributed by atoms with van der Waals surface area (Å²) in [6, 6.07) is 0. The highest BCUT2D eigenvalue weighted by molar-refractivity contribution is 5.82. The van der Waals surface area contributed by atoms with Gasteiger partial charge in [-0.25, -0.2) is 0 Å². The van der Waals surface area contributed by atoms with Crippen LogP contribution in [0, 0.1) is 23.7 Å². The molecule has 0 spiro atoms. The average molecular weight is 266 g/mol. The number of rotatable bonds is 5. The molecule has 0 bridgehead atoms. The Hall–Kier alpha value is -0.370. The second-order valence-corrected chi connectivity index (χ2v) is 7.46. The van der Waals surface area contributed by atoms with Crippen molar-refractivity contribution >= 4 is 5.78 Å². The van der Waals surface area contributed by atoms with Crippen LogP contribution in [0.25, 0.3) is 0 Å². The molecule has 2 heteroatoms. The Balaban J connectivity index is 1.94. The number of hydrogen-bond donors (Lipinski definition) is 1. The van der Waals surface area contributed by atoms with Gasteiger partial charge in [-0.1, -0.05) is 26.7 Å². The van der Waals surface area contributed by atoms with Gasteiger partial charge in [0, 0.05) is 12.3 Å². The van der Waals surface area contributed by atoms with E-state index in [1.807, 2.05) is 6.92 Å². The van der Waals surface area contributed by atoms with E-state index in [1.54, 1.807) is 0 Å². The zero-order chi connectivity index (χ0) is 14.0. The molecule has 2 fully saturated rings. The number of ketones is 1. The van der Waals surface area contributed by atoms with Gasteiger partial charge in [0.25, 0.3) is 0 Å². The fraction of sp³-hybridized carbons (Fsp3) is 0.941. The zero-order valence-electron chi connectivity index (χ0n) is 12.8. The van der Waals surface area contributed by atoms with Crippen LogP contribution >= 0.6 is 0 Å². The van der Waals surface area contributed by atoms with Crippen molar-refractivity contribution in [2.75, 3.05) is 0 Å². The van der Waals surface area contributed by atoms with Crippen LogP contribution in [0.3, 0.4) is 0 Å². The number of fused-ring (bicyclic) bond motifs is 1. The van der Waals surface area contributed by atoms with Crippen molar-refractivity contribution in [1.29, 1.82) is 0 Å². The first-order chi connectivity index (χ1) is 8.92. The lowest BCUT2D eigenvalue weighted by Gasteiger charge is -2.37. The lowest BCUT2D eigenvalue weighted by atomic mass is 9.71. The molecule has 0 radical (unpaired) electrons. The molecule has 110 valence electrons. The number of Topliss-reactive ketones (excluding diaryl/α,β-unsaturated/α-hetero) is 1. The highest BCUT2D eigenvalue weighted by Crippen LogP contribution is 2.49. The first-order valence-corrected chi connectivity index (χ1v) is 8.17. The fourth-order valence-electron chi connectivity index (χ4n) is 4.39. The number of hydrogen-bond acceptors (Lipinski definition) is 2. The van der Waals surface area contributed by atoms with Gasteiger partial charge in [0.2, 0.25) is 0 Å². The third-order valence-electron chi connectivity index (χ3n) is 5.46. The summed E-state index contributed by atoms with van der Waals surface area (Å²) in [4.78, 5) is 12.0. The second kappa shape index (κ2) is 5.95. The summed E-state index contributed by atoms with van der Waals surface area (Å²) in [6.07, 6.45) is 8.24. The van der Waals surface area contributed by atoms with Gasteiger partial charge < -0.3 is 5.11 Å². The van der Waals surface area contributed by atoms with Gasteiger partial charge in [0.05, 0.1) is 5.60 Å². The molecule has 19 heavy (non-hydrogen) atoms. The molecular formula is C17H30O2. The zero-order valence-corrected chi connectivity index (χ0v) is 12.8. The summed E-state index contributed by atoms with van der Waals surface area (Å²) >= 11 is 0. The minimum atomic E-state index is -0.564. The summed E-state index contributed by atoms with van der Waals surface area (Å²) in [7, 11) is 0. The topological polar surface area (TPSA) is 37.3 Å². The quantitative estimate of drug-likeness (QED) is 0.818. The average Bonchev–Trinajstić information content (AvgIpc) is 2.74. The van der Waals surface area contributed by atoms with Crippen molar-refractivity contribution in [2.45, 2.75) is 77.7 Å². The van der Waals surface area contributed by atoms with Crippen LogP contribution in [0.2, 0.25) is 0 Å². The molecule has 4 atom stereocenters. The molecule has 0 aromatic rings. The molecule has 0 heterocycles. The molecule has 0 unspecified atom stereocenters. The summed E-state index contributed by atoms with van der Waals surface area (Å²) in [5.41, 5.74) is -0.564. The van der Waals surface area contributed by atoms with E-state index in [0.29, 0.717) is 23.5 Å². The van der Waals surface area contributed by atoms with E-state index in [2.05, 4.69) is 13.8 Å². The van der Waals surface area contributed by atoms with Crippen LogP contribution in [-0.4, -0.2) is 16.5 Å². The Bertz CT molecular complexity index is 319. The highest BCUT2D eigenvalue weighted by Gasteiger charge is 2.48. The molecule has 2 nitrogen and oxygen atoms in total. The van der Waals surface area contributed by atoms with Crippen molar-refractivity contribution in [1.82, 2.24) is 0 Å².